The number of benzene rings is 1. The van der Waals surface area contributed by atoms with Crippen LogP contribution in [0, 0.1) is 0 Å². The first-order valence-corrected chi connectivity index (χ1v) is 6.75. The van der Waals surface area contributed by atoms with E-state index in [0.717, 1.165) is 0 Å². The minimum absolute atomic E-state index is 0.0634. The molecule has 1 aliphatic rings. The SMILES string of the molecule is CCOC(=O)C1CCCC(=O)N1c1cccc(Cl)c1. The lowest BCUT2D eigenvalue weighted by Crippen LogP contribution is -2.49. The molecule has 2 rings (SSSR count). The van der Waals surface area contributed by atoms with Crippen molar-refractivity contribution in [2.75, 3.05) is 11.5 Å². The van der Waals surface area contributed by atoms with Crippen LogP contribution in [-0.2, 0) is 14.3 Å². The lowest BCUT2D eigenvalue weighted by molar-refractivity contribution is -0.146. The molecule has 1 saturated heterocycles. The summed E-state index contributed by atoms with van der Waals surface area (Å²) < 4.78 is 5.05. The smallest absolute Gasteiger partial charge is 0.329 e. The van der Waals surface area contributed by atoms with Crippen LogP contribution < -0.4 is 4.90 Å². The van der Waals surface area contributed by atoms with Gasteiger partial charge in [0.05, 0.1) is 6.61 Å². The van der Waals surface area contributed by atoms with E-state index in [1.165, 1.54) is 4.90 Å². The van der Waals surface area contributed by atoms with Gasteiger partial charge in [0.1, 0.15) is 6.04 Å². The van der Waals surface area contributed by atoms with Crippen LogP contribution in [0.1, 0.15) is 26.2 Å². The quantitative estimate of drug-likeness (QED) is 0.801. The summed E-state index contributed by atoms with van der Waals surface area (Å²) in [5, 5.41) is 0.540. The molecule has 0 spiro atoms. The van der Waals surface area contributed by atoms with Gasteiger partial charge in [-0.2, -0.15) is 0 Å². The Morgan fingerprint density at radius 1 is 1.53 bits per heavy atom. The molecule has 102 valence electrons. The zero-order chi connectivity index (χ0) is 13.8. The van der Waals surface area contributed by atoms with Crippen molar-refractivity contribution in [2.45, 2.75) is 32.2 Å². The monoisotopic (exact) mass is 281 g/mol. The summed E-state index contributed by atoms with van der Waals surface area (Å²) >= 11 is 5.95. The molecular weight excluding hydrogens is 266 g/mol. The van der Waals surface area contributed by atoms with Crippen molar-refractivity contribution < 1.29 is 14.3 Å². The first-order valence-electron chi connectivity index (χ1n) is 6.37. The van der Waals surface area contributed by atoms with Crippen molar-refractivity contribution >= 4 is 29.2 Å². The van der Waals surface area contributed by atoms with E-state index in [0.29, 0.717) is 36.6 Å². The van der Waals surface area contributed by atoms with E-state index in [9.17, 15) is 9.59 Å². The third kappa shape index (κ3) is 3.07. The van der Waals surface area contributed by atoms with Crippen LogP contribution in [0.25, 0.3) is 0 Å². The van der Waals surface area contributed by atoms with Gasteiger partial charge in [-0.1, -0.05) is 17.7 Å². The number of piperidine rings is 1. The van der Waals surface area contributed by atoms with Gasteiger partial charge in [0.2, 0.25) is 5.91 Å². The lowest BCUT2D eigenvalue weighted by atomic mass is 10.0. The molecule has 0 radical (unpaired) electrons. The molecule has 0 N–H and O–H groups in total. The molecule has 0 aromatic heterocycles. The Bertz CT molecular complexity index is 489. The van der Waals surface area contributed by atoms with Gasteiger partial charge in [0, 0.05) is 17.1 Å². The largest absolute Gasteiger partial charge is 0.464 e. The third-order valence-corrected chi connectivity index (χ3v) is 3.33. The zero-order valence-corrected chi connectivity index (χ0v) is 11.5. The molecule has 5 heteroatoms. The number of esters is 1. The Hall–Kier alpha value is -1.55. The van der Waals surface area contributed by atoms with Crippen LogP contribution >= 0.6 is 11.6 Å². The Morgan fingerprint density at radius 3 is 3.00 bits per heavy atom. The standard InChI is InChI=1S/C14H16ClNO3/c1-2-19-14(18)12-7-4-8-13(17)16(12)11-6-3-5-10(15)9-11/h3,5-6,9,12H,2,4,7-8H2,1H3. The molecule has 1 aromatic carbocycles. The van der Waals surface area contributed by atoms with Gasteiger partial charge in [0.15, 0.2) is 0 Å². The molecule has 1 atom stereocenters. The van der Waals surface area contributed by atoms with Gasteiger partial charge in [-0.15, -0.1) is 0 Å². The number of ether oxygens (including phenoxy) is 1. The highest BCUT2D eigenvalue weighted by Crippen LogP contribution is 2.28. The summed E-state index contributed by atoms with van der Waals surface area (Å²) in [6.07, 6.45) is 1.78. The second-order valence-corrected chi connectivity index (χ2v) is 4.84. The van der Waals surface area contributed by atoms with Crippen molar-refractivity contribution in [3.63, 3.8) is 0 Å². The summed E-state index contributed by atoms with van der Waals surface area (Å²) in [7, 11) is 0. The van der Waals surface area contributed by atoms with Crippen LogP contribution in [0.15, 0.2) is 24.3 Å². The van der Waals surface area contributed by atoms with Crippen LogP contribution in [0.3, 0.4) is 0 Å². The highest BCUT2D eigenvalue weighted by atomic mass is 35.5. The lowest BCUT2D eigenvalue weighted by Gasteiger charge is -2.34. The Labute approximate surface area is 117 Å². The van der Waals surface area contributed by atoms with E-state index in [1.54, 1.807) is 31.2 Å². The molecule has 0 saturated carbocycles. The number of hydrogen-bond acceptors (Lipinski definition) is 3. The van der Waals surface area contributed by atoms with Crippen LogP contribution in [-0.4, -0.2) is 24.5 Å². The summed E-state index contributed by atoms with van der Waals surface area (Å²) in [6.45, 7) is 2.07. The Morgan fingerprint density at radius 2 is 2.32 bits per heavy atom. The fraction of sp³-hybridized carbons (Fsp3) is 0.429. The van der Waals surface area contributed by atoms with E-state index in [4.69, 9.17) is 16.3 Å². The highest BCUT2D eigenvalue weighted by Gasteiger charge is 2.35. The molecule has 1 unspecified atom stereocenters. The summed E-state index contributed by atoms with van der Waals surface area (Å²) in [5.41, 5.74) is 0.648. The Balaban J connectivity index is 2.31. The van der Waals surface area contributed by atoms with Crippen molar-refractivity contribution in [3.05, 3.63) is 29.3 Å². The Kier molecular flexibility index (Phi) is 4.43. The summed E-state index contributed by atoms with van der Waals surface area (Å²) in [5.74, 6) is -0.415. The molecule has 1 aliphatic heterocycles. The molecule has 0 aliphatic carbocycles. The normalized spacial score (nSPS) is 19.4. The first-order chi connectivity index (χ1) is 9.13. The second kappa shape index (κ2) is 6.06. The van der Waals surface area contributed by atoms with Crippen molar-refractivity contribution in [1.82, 2.24) is 0 Å². The topological polar surface area (TPSA) is 46.6 Å². The number of anilines is 1. The average Bonchev–Trinajstić information content (AvgIpc) is 2.38. The third-order valence-electron chi connectivity index (χ3n) is 3.09. The van der Waals surface area contributed by atoms with Gasteiger partial charge in [-0.3, -0.25) is 9.69 Å². The second-order valence-electron chi connectivity index (χ2n) is 4.40. The van der Waals surface area contributed by atoms with Gasteiger partial charge in [0.25, 0.3) is 0 Å². The van der Waals surface area contributed by atoms with E-state index >= 15 is 0 Å². The van der Waals surface area contributed by atoms with Crippen LogP contribution in [0.5, 0.6) is 0 Å². The molecule has 1 aromatic rings. The fourth-order valence-corrected chi connectivity index (χ4v) is 2.47. The number of carbonyl (C=O) groups is 2. The van der Waals surface area contributed by atoms with Crippen molar-refractivity contribution in [3.8, 4) is 0 Å². The summed E-state index contributed by atoms with van der Waals surface area (Å²) in [4.78, 5) is 25.6. The molecule has 1 fully saturated rings. The number of hydrogen-bond donors (Lipinski definition) is 0. The van der Waals surface area contributed by atoms with Gasteiger partial charge < -0.3 is 4.74 Å². The maximum absolute atomic E-state index is 12.1. The summed E-state index contributed by atoms with van der Waals surface area (Å²) in [6, 6.07) is 6.43. The van der Waals surface area contributed by atoms with Crippen molar-refractivity contribution in [1.29, 1.82) is 0 Å². The van der Waals surface area contributed by atoms with E-state index < -0.39 is 6.04 Å². The van der Waals surface area contributed by atoms with E-state index in [2.05, 4.69) is 0 Å². The van der Waals surface area contributed by atoms with Crippen LogP contribution in [0.2, 0.25) is 5.02 Å². The minimum atomic E-state index is -0.542. The van der Waals surface area contributed by atoms with E-state index in [-0.39, 0.29) is 11.9 Å². The molecule has 0 bridgehead atoms. The van der Waals surface area contributed by atoms with Crippen molar-refractivity contribution in [2.24, 2.45) is 0 Å². The predicted molar refractivity (Wildman–Crippen MR) is 73.2 cm³/mol. The molecular formula is C14H16ClNO3. The average molecular weight is 282 g/mol. The zero-order valence-electron chi connectivity index (χ0n) is 10.8. The number of amides is 1. The van der Waals surface area contributed by atoms with Gasteiger partial charge in [-0.25, -0.2) is 4.79 Å². The van der Waals surface area contributed by atoms with Crippen LogP contribution in [0.4, 0.5) is 5.69 Å². The first kappa shape index (κ1) is 13.9. The number of carbonyl (C=O) groups excluding carboxylic acids is 2. The predicted octanol–water partition coefficient (Wildman–Crippen LogP) is 2.79. The molecule has 1 amide bonds. The maximum atomic E-state index is 12.1. The van der Waals surface area contributed by atoms with Gasteiger partial charge in [-0.05, 0) is 38.0 Å². The number of halogens is 1. The minimum Gasteiger partial charge on any atom is -0.464 e. The molecule has 1 heterocycles. The number of rotatable bonds is 3. The fourth-order valence-electron chi connectivity index (χ4n) is 2.28. The van der Waals surface area contributed by atoms with Gasteiger partial charge >= 0.3 is 5.97 Å². The molecule has 4 nitrogen and oxygen atoms in total. The molecule has 19 heavy (non-hydrogen) atoms. The van der Waals surface area contributed by atoms with E-state index in [1.807, 2.05) is 0 Å². The maximum Gasteiger partial charge on any atom is 0.329 e. The highest BCUT2D eigenvalue weighted by molar-refractivity contribution is 6.31. The number of nitrogens with zero attached hydrogens (tertiary/aromatic N) is 1.